The molecule has 2 N–H and O–H groups in total. The molecule has 0 aliphatic carbocycles. The predicted molar refractivity (Wildman–Crippen MR) is 165 cm³/mol. The van der Waals surface area contributed by atoms with Gasteiger partial charge in [0.15, 0.2) is 0 Å². The molecule has 3 aliphatic rings. The Bertz CT molecular complexity index is 1680. The zero-order valence-corrected chi connectivity index (χ0v) is 27.9. The van der Waals surface area contributed by atoms with Crippen LogP contribution in [0.3, 0.4) is 0 Å². The first kappa shape index (κ1) is 35.7. The van der Waals surface area contributed by atoms with E-state index < -0.39 is 77.9 Å². The fourth-order valence-electron chi connectivity index (χ4n) is 6.93. The highest BCUT2D eigenvalue weighted by Gasteiger charge is 2.73. The van der Waals surface area contributed by atoms with Gasteiger partial charge in [-0.2, -0.15) is 17.5 Å². The molecule has 0 unspecified atom stereocenters. The Morgan fingerprint density at radius 2 is 1.70 bits per heavy atom. The van der Waals surface area contributed by atoms with Crippen LogP contribution in [0.1, 0.15) is 44.2 Å². The number of ether oxygens (including phenoxy) is 1. The number of morpholine rings is 1. The predicted octanol–water partition coefficient (Wildman–Crippen LogP) is 5.03. The number of carbonyl (C=O) groups excluding carboxylic acids is 2. The number of fused-ring (bicyclic) bond motifs is 2. The number of amides is 2. The summed E-state index contributed by atoms with van der Waals surface area (Å²) in [6.45, 7) is 6.99. The Hall–Kier alpha value is -2.56. The Balaban J connectivity index is 1.80. The molecule has 2 amide bonds. The molecule has 2 aromatic rings. The molecule has 2 fully saturated rings. The number of anilines is 1. The van der Waals surface area contributed by atoms with E-state index in [9.17, 15) is 35.6 Å². The van der Waals surface area contributed by atoms with Crippen molar-refractivity contribution in [3.8, 4) is 0 Å². The number of carbonyl (C=O) groups is 2. The van der Waals surface area contributed by atoms with E-state index in [4.69, 9.17) is 27.9 Å². The summed E-state index contributed by atoms with van der Waals surface area (Å²) in [7, 11) is -6.37. The first-order chi connectivity index (χ1) is 21.8. The molecule has 258 valence electrons. The number of rotatable bonds is 7. The van der Waals surface area contributed by atoms with Gasteiger partial charge in [0.25, 0.3) is 0 Å². The molecule has 2 saturated heterocycles. The lowest BCUT2D eigenvalue weighted by atomic mass is 9.62. The van der Waals surface area contributed by atoms with E-state index in [0.717, 1.165) is 30.3 Å². The van der Waals surface area contributed by atoms with Gasteiger partial charge in [0.2, 0.25) is 11.8 Å². The van der Waals surface area contributed by atoms with Crippen molar-refractivity contribution in [3.05, 3.63) is 63.1 Å². The van der Waals surface area contributed by atoms with E-state index in [1.807, 2.05) is 4.90 Å². The standard InChI is InChI=1S/C30H33Cl2F5N4O5S/c1-28(2,3)15-23-29(17-13-21(34)19(32)14-22(17)39-27(29)43)24(16-4-5-20(33)18(31)12-16)25(41(23)47(44,45)30(35,36)37)26(42)38-6-7-40-8-10-46-11-9-40/h4-5,12-14,23-25H,6-11,15H2,1-3H3,(H,38,42)(H,39,43)/t23-,24+,25+,29+/m1/s1. The van der Waals surface area contributed by atoms with Crippen molar-refractivity contribution in [2.45, 2.75) is 56.1 Å². The van der Waals surface area contributed by atoms with Gasteiger partial charge in [-0.15, -0.1) is 0 Å². The SMILES string of the molecule is CC(C)(C)C[C@H]1N(S(=O)(=O)C(F)(F)F)[C@H](C(=O)NCCN2CCOCC2)[C@H](c2ccc(F)c(Cl)c2)[C@@]12C(=O)Nc1cc(Cl)c(F)cc12. The third-order valence-corrected chi connectivity index (χ3v) is 11.0. The van der Waals surface area contributed by atoms with Gasteiger partial charge < -0.3 is 15.4 Å². The van der Waals surface area contributed by atoms with Crippen molar-refractivity contribution < 1.29 is 44.7 Å². The summed E-state index contributed by atoms with van der Waals surface area (Å²) in [4.78, 5) is 30.6. The van der Waals surface area contributed by atoms with Gasteiger partial charge in [0.05, 0.1) is 23.3 Å². The van der Waals surface area contributed by atoms with Gasteiger partial charge in [-0.1, -0.05) is 50.0 Å². The summed E-state index contributed by atoms with van der Waals surface area (Å²) in [6, 6.07) is 0.884. The van der Waals surface area contributed by atoms with E-state index in [1.165, 1.54) is 0 Å². The van der Waals surface area contributed by atoms with E-state index in [2.05, 4.69) is 10.6 Å². The minimum absolute atomic E-state index is 0.0471. The number of nitrogens with zero attached hydrogens (tertiary/aromatic N) is 2. The maximum Gasteiger partial charge on any atom is 0.511 e. The molecule has 4 atom stereocenters. The third kappa shape index (κ3) is 6.34. The number of alkyl halides is 3. The van der Waals surface area contributed by atoms with Crippen LogP contribution in [0, 0.1) is 17.0 Å². The highest BCUT2D eigenvalue weighted by atomic mass is 35.5. The monoisotopic (exact) mass is 726 g/mol. The van der Waals surface area contributed by atoms with Crippen LogP contribution in [0.4, 0.5) is 27.6 Å². The first-order valence-electron chi connectivity index (χ1n) is 14.7. The van der Waals surface area contributed by atoms with Gasteiger partial charge in [0, 0.05) is 43.8 Å². The molecule has 3 aliphatic heterocycles. The van der Waals surface area contributed by atoms with E-state index in [0.29, 0.717) is 26.3 Å². The molecule has 1 spiro atoms. The number of hydrogen-bond acceptors (Lipinski definition) is 6. The number of nitrogens with one attached hydrogen (secondary N) is 2. The van der Waals surface area contributed by atoms with Crippen LogP contribution in [0.5, 0.6) is 0 Å². The molecule has 0 bridgehead atoms. The maximum atomic E-state index is 15.2. The molecule has 47 heavy (non-hydrogen) atoms. The minimum Gasteiger partial charge on any atom is -0.379 e. The van der Waals surface area contributed by atoms with E-state index in [-0.39, 0.29) is 40.6 Å². The Morgan fingerprint density at radius 3 is 2.30 bits per heavy atom. The highest BCUT2D eigenvalue weighted by Crippen LogP contribution is 2.61. The zero-order chi connectivity index (χ0) is 34.7. The van der Waals surface area contributed by atoms with Gasteiger partial charge >= 0.3 is 15.5 Å². The second-order valence-electron chi connectivity index (χ2n) is 13.0. The number of sulfonamides is 1. The summed E-state index contributed by atoms with van der Waals surface area (Å²) in [5.74, 6) is -5.80. The van der Waals surface area contributed by atoms with Crippen molar-refractivity contribution in [3.63, 3.8) is 0 Å². The molecule has 0 saturated carbocycles. The van der Waals surface area contributed by atoms with Gasteiger partial charge in [-0.05, 0) is 47.2 Å². The normalized spacial score (nSPS) is 25.7. The molecule has 17 heteroatoms. The summed E-state index contributed by atoms with van der Waals surface area (Å²) in [6.07, 6.45) is -0.387. The Morgan fingerprint density at radius 1 is 1.06 bits per heavy atom. The fourth-order valence-corrected chi connectivity index (χ4v) is 8.61. The minimum atomic E-state index is -6.37. The number of hydrogen-bond donors (Lipinski definition) is 2. The van der Waals surface area contributed by atoms with E-state index in [1.54, 1.807) is 20.8 Å². The average molecular weight is 728 g/mol. The first-order valence-corrected chi connectivity index (χ1v) is 16.9. The van der Waals surface area contributed by atoms with Crippen LogP contribution in [0.15, 0.2) is 30.3 Å². The maximum absolute atomic E-state index is 15.2. The quantitative estimate of drug-likeness (QED) is 0.388. The lowest BCUT2D eigenvalue weighted by molar-refractivity contribution is -0.125. The van der Waals surface area contributed by atoms with Crippen LogP contribution in [0.2, 0.25) is 10.0 Å². The lowest BCUT2D eigenvalue weighted by Crippen LogP contribution is -2.56. The number of benzene rings is 2. The molecule has 0 aromatic heterocycles. The summed E-state index contributed by atoms with van der Waals surface area (Å²) in [5.41, 5.74) is -9.57. The average Bonchev–Trinajstić information content (AvgIpc) is 3.41. The van der Waals surface area contributed by atoms with E-state index >= 15 is 4.39 Å². The molecule has 9 nitrogen and oxygen atoms in total. The van der Waals surface area contributed by atoms with Gasteiger partial charge in [0.1, 0.15) is 23.1 Å². The second kappa shape index (κ2) is 12.7. The van der Waals surface area contributed by atoms with Gasteiger partial charge in [-0.3, -0.25) is 14.5 Å². The molecule has 0 radical (unpaired) electrons. The molecular formula is C30H33Cl2F5N4O5S. The molecule has 5 rings (SSSR count). The summed E-state index contributed by atoms with van der Waals surface area (Å²) in [5, 5.41) is 4.21. The van der Waals surface area contributed by atoms with Crippen LogP contribution >= 0.6 is 23.2 Å². The van der Waals surface area contributed by atoms with Crippen molar-refractivity contribution in [1.82, 2.24) is 14.5 Å². The fraction of sp³-hybridized carbons (Fsp3) is 0.533. The Labute approximate surface area is 278 Å². The largest absolute Gasteiger partial charge is 0.511 e. The van der Waals surface area contributed by atoms with Crippen LogP contribution < -0.4 is 10.6 Å². The van der Waals surface area contributed by atoms with Gasteiger partial charge in [-0.25, -0.2) is 17.2 Å². The highest BCUT2D eigenvalue weighted by molar-refractivity contribution is 7.90. The van der Waals surface area contributed by atoms with Crippen LogP contribution in [0.25, 0.3) is 0 Å². The smallest absolute Gasteiger partial charge is 0.379 e. The zero-order valence-electron chi connectivity index (χ0n) is 25.6. The van der Waals surface area contributed by atoms with Crippen LogP contribution in [-0.4, -0.2) is 86.4 Å². The molecular weight excluding hydrogens is 694 g/mol. The molecule has 3 heterocycles. The van der Waals surface area contributed by atoms with Crippen molar-refractivity contribution >= 4 is 50.7 Å². The number of halogens is 7. The Kier molecular flexibility index (Phi) is 9.67. The van der Waals surface area contributed by atoms with Crippen molar-refractivity contribution in [2.24, 2.45) is 5.41 Å². The van der Waals surface area contributed by atoms with Crippen molar-refractivity contribution in [1.29, 1.82) is 0 Å². The second-order valence-corrected chi connectivity index (χ2v) is 15.7. The van der Waals surface area contributed by atoms with Crippen LogP contribution in [-0.2, 0) is 29.8 Å². The summed E-state index contributed by atoms with van der Waals surface area (Å²) >= 11 is 12.1. The van der Waals surface area contributed by atoms with Crippen molar-refractivity contribution in [2.75, 3.05) is 44.7 Å². The topological polar surface area (TPSA) is 108 Å². The molecule has 2 aromatic carbocycles. The summed E-state index contributed by atoms with van der Waals surface area (Å²) < 4.78 is 106. The lowest BCUT2D eigenvalue weighted by Gasteiger charge is -2.39. The third-order valence-electron chi connectivity index (χ3n) is 8.82.